The molecule has 7 atom stereocenters. The Balaban J connectivity index is 1.46. The van der Waals surface area contributed by atoms with Gasteiger partial charge >= 0.3 is 5.97 Å². The number of hydrogen-bond acceptors (Lipinski definition) is 8. The number of methoxy groups -OCH3 is 1. The molecule has 1 spiro atoms. The average molecular weight is 658 g/mol. The zero-order valence-corrected chi connectivity index (χ0v) is 27.5. The Morgan fingerprint density at radius 2 is 1.77 bits per heavy atom. The van der Waals surface area contributed by atoms with Crippen molar-refractivity contribution in [1.82, 2.24) is 10.2 Å². The summed E-state index contributed by atoms with van der Waals surface area (Å²) in [6.45, 7) is 3.81. The number of rotatable bonds is 7. The minimum Gasteiger partial charge on any atom is -0.497 e. The fourth-order valence-corrected chi connectivity index (χ4v) is 7.52. The summed E-state index contributed by atoms with van der Waals surface area (Å²) in [6.07, 6.45) is 6.62. The zero-order chi connectivity index (χ0) is 34.0. The summed E-state index contributed by atoms with van der Waals surface area (Å²) in [5, 5.41) is 13.5. The molecule has 6 rings (SSSR count). The number of benzene rings is 2. The molecule has 4 heterocycles. The van der Waals surface area contributed by atoms with Crippen LogP contribution in [0.2, 0.25) is 0 Å². The molecular formula is C37H43N3O8. The van der Waals surface area contributed by atoms with Crippen molar-refractivity contribution in [2.24, 2.45) is 17.8 Å². The van der Waals surface area contributed by atoms with Crippen LogP contribution in [0.4, 0.5) is 5.69 Å². The SMILES string of the molecule is COc1ccc(N2C/C=C\CCC(=O)NC[C@H](c3ccccc3)OC(=O)[C@@H]3[C@H]4C(=O)N([C@@H](CO)CC(C)C)[C@H](C2=O)[C@]42C=C[C@H]3O2)cc1. The lowest BCUT2D eigenvalue weighted by molar-refractivity contribution is -0.160. The summed E-state index contributed by atoms with van der Waals surface area (Å²) < 4.78 is 18.0. The summed E-state index contributed by atoms with van der Waals surface area (Å²) in [7, 11) is 1.56. The maximum atomic E-state index is 15.0. The third-order valence-electron chi connectivity index (χ3n) is 9.72. The first-order chi connectivity index (χ1) is 23.2. The molecule has 0 radical (unpaired) electrons. The molecule has 254 valence electrons. The number of nitrogens with one attached hydrogen (secondary N) is 1. The second-order valence-corrected chi connectivity index (χ2v) is 13.2. The summed E-state index contributed by atoms with van der Waals surface area (Å²) in [5.41, 5.74) is -0.194. The maximum absolute atomic E-state index is 15.0. The zero-order valence-electron chi connectivity index (χ0n) is 27.5. The maximum Gasteiger partial charge on any atom is 0.313 e. The molecule has 2 N–H and O–H groups in total. The smallest absolute Gasteiger partial charge is 0.313 e. The minimum absolute atomic E-state index is 0.0512. The van der Waals surface area contributed by atoms with Crippen molar-refractivity contribution in [2.75, 3.05) is 31.7 Å². The van der Waals surface area contributed by atoms with E-state index in [-0.39, 0.29) is 37.9 Å². The van der Waals surface area contributed by atoms with Crippen LogP contribution in [0.3, 0.4) is 0 Å². The molecule has 2 aromatic rings. The van der Waals surface area contributed by atoms with Crippen LogP contribution in [0.25, 0.3) is 0 Å². The van der Waals surface area contributed by atoms with Gasteiger partial charge in [0, 0.05) is 18.7 Å². The van der Waals surface area contributed by atoms with Crippen LogP contribution in [-0.2, 0) is 28.7 Å². The van der Waals surface area contributed by atoms with Crippen molar-refractivity contribution < 1.29 is 38.5 Å². The Morgan fingerprint density at radius 3 is 2.46 bits per heavy atom. The van der Waals surface area contributed by atoms with Gasteiger partial charge in [0.2, 0.25) is 11.8 Å². The Morgan fingerprint density at radius 1 is 1.02 bits per heavy atom. The third-order valence-corrected chi connectivity index (χ3v) is 9.72. The molecule has 3 amide bonds. The summed E-state index contributed by atoms with van der Waals surface area (Å²) >= 11 is 0. The van der Waals surface area contributed by atoms with E-state index in [0.717, 1.165) is 0 Å². The summed E-state index contributed by atoms with van der Waals surface area (Å²) in [5.74, 6) is -3.07. The highest BCUT2D eigenvalue weighted by Gasteiger charge is 2.74. The molecule has 5 bridgehead atoms. The summed E-state index contributed by atoms with van der Waals surface area (Å²) in [4.78, 5) is 59.7. The van der Waals surface area contributed by atoms with Gasteiger partial charge in [-0.25, -0.2) is 0 Å². The molecular weight excluding hydrogens is 614 g/mol. The van der Waals surface area contributed by atoms with Gasteiger partial charge in [-0.3, -0.25) is 19.2 Å². The number of aliphatic hydroxyl groups excluding tert-OH is 1. The number of anilines is 1. The second-order valence-electron chi connectivity index (χ2n) is 13.2. The number of cyclic esters (lactones) is 1. The van der Waals surface area contributed by atoms with Gasteiger partial charge in [-0.2, -0.15) is 0 Å². The van der Waals surface area contributed by atoms with Gasteiger partial charge in [0.15, 0.2) is 0 Å². The van der Waals surface area contributed by atoms with Gasteiger partial charge in [0.05, 0.1) is 38.3 Å². The molecule has 0 unspecified atom stereocenters. The lowest BCUT2D eigenvalue weighted by Crippen LogP contribution is -2.59. The lowest BCUT2D eigenvalue weighted by Gasteiger charge is -2.39. The highest BCUT2D eigenvalue weighted by Crippen LogP contribution is 2.56. The third kappa shape index (κ3) is 6.12. The van der Waals surface area contributed by atoms with Crippen molar-refractivity contribution in [2.45, 2.75) is 63.0 Å². The van der Waals surface area contributed by atoms with Gasteiger partial charge in [-0.15, -0.1) is 0 Å². The fourth-order valence-electron chi connectivity index (χ4n) is 7.52. The number of likely N-dealkylation sites (tertiary alicyclic amines) is 1. The molecule has 4 aliphatic rings. The largest absolute Gasteiger partial charge is 0.497 e. The van der Waals surface area contributed by atoms with Crippen molar-refractivity contribution in [3.8, 4) is 5.75 Å². The Hall–Kier alpha value is -4.48. The number of hydrogen-bond donors (Lipinski definition) is 2. The number of ether oxygens (including phenoxy) is 3. The highest BCUT2D eigenvalue weighted by atomic mass is 16.6. The Kier molecular flexibility index (Phi) is 9.70. The van der Waals surface area contributed by atoms with E-state index in [0.29, 0.717) is 29.8 Å². The molecule has 4 aliphatic heterocycles. The quantitative estimate of drug-likeness (QED) is 0.342. The van der Waals surface area contributed by atoms with Crippen LogP contribution in [0.5, 0.6) is 5.75 Å². The molecule has 11 heteroatoms. The van der Waals surface area contributed by atoms with E-state index in [9.17, 15) is 19.5 Å². The van der Waals surface area contributed by atoms with E-state index in [2.05, 4.69) is 5.32 Å². The van der Waals surface area contributed by atoms with Gasteiger partial charge in [0.25, 0.3) is 5.91 Å². The van der Waals surface area contributed by atoms with E-state index < -0.39 is 59.5 Å². The standard InChI is InChI=1S/C37H43N3O8/c1-23(2)20-26(22-41)40-33-35(44)39(25-13-15-27(46-3)16-14-25)19-9-5-8-12-30(42)38-21-29(24-10-6-4-7-11-24)47-36(45)31-28-17-18-37(33,48-28)32(31)34(40)43/h4-7,9-11,13-18,23,26,28-29,31-33,41H,8,12,19-22H2,1-3H3,(H,38,42)/b9-5-/t26-,28-,29-,31+,32+,33-,37+/m1/s1. The Bertz CT molecular complexity index is 1570. The molecule has 2 aromatic carbocycles. The Labute approximate surface area is 280 Å². The number of nitrogens with zero attached hydrogens (tertiary/aromatic N) is 2. The first kappa shape index (κ1) is 33.4. The van der Waals surface area contributed by atoms with E-state index in [1.807, 2.05) is 56.3 Å². The van der Waals surface area contributed by atoms with E-state index in [1.165, 1.54) is 4.90 Å². The lowest BCUT2D eigenvalue weighted by atomic mass is 9.74. The first-order valence-corrected chi connectivity index (χ1v) is 16.6. The topological polar surface area (TPSA) is 135 Å². The van der Waals surface area contributed by atoms with Gasteiger partial charge < -0.3 is 34.4 Å². The second kappa shape index (κ2) is 13.9. The number of carbonyl (C=O) groups excluding carboxylic acids is 4. The van der Waals surface area contributed by atoms with Crippen LogP contribution in [0, 0.1) is 17.8 Å². The fraction of sp³-hybridized carbons (Fsp3) is 0.459. The van der Waals surface area contributed by atoms with Crippen LogP contribution >= 0.6 is 0 Å². The normalized spacial score (nSPS) is 30.3. The van der Waals surface area contributed by atoms with Crippen molar-refractivity contribution >= 4 is 29.4 Å². The van der Waals surface area contributed by atoms with Gasteiger partial charge in [-0.1, -0.05) is 68.5 Å². The van der Waals surface area contributed by atoms with Crippen molar-refractivity contribution in [1.29, 1.82) is 0 Å². The molecule has 2 saturated heterocycles. The van der Waals surface area contributed by atoms with Crippen LogP contribution in [0.15, 0.2) is 78.9 Å². The van der Waals surface area contributed by atoms with Gasteiger partial charge in [0.1, 0.15) is 29.4 Å². The molecule has 0 aromatic heterocycles. The van der Waals surface area contributed by atoms with E-state index >= 15 is 4.79 Å². The molecule has 11 nitrogen and oxygen atoms in total. The van der Waals surface area contributed by atoms with Gasteiger partial charge in [-0.05, 0) is 48.6 Å². The predicted octanol–water partition coefficient (Wildman–Crippen LogP) is 3.34. The van der Waals surface area contributed by atoms with Crippen molar-refractivity contribution in [3.63, 3.8) is 0 Å². The number of carbonyl (C=O) groups is 4. The van der Waals surface area contributed by atoms with E-state index in [4.69, 9.17) is 14.2 Å². The first-order valence-electron chi connectivity index (χ1n) is 16.6. The van der Waals surface area contributed by atoms with Crippen LogP contribution in [-0.4, -0.2) is 84.3 Å². The highest BCUT2D eigenvalue weighted by molar-refractivity contribution is 6.05. The minimum atomic E-state index is -1.45. The molecule has 0 aliphatic carbocycles. The van der Waals surface area contributed by atoms with Crippen LogP contribution in [0.1, 0.15) is 44.8 Å². The summed E-state index contributed by atoms with van der Waals surface area (Å²) in [6, 6.07) is 14.3. The predicted molar refractivity (Wildman–Crippen MR) is 177 cm³/mol. The number of fused-ring (bicyclic) bond motifs is 2. The molecule has 0 saturated carbocycles. The molecule has 2 fully saturated rings. The number of aliphatic hydroxyl groups is 1. The number of amides is 3. The van der Waals surface area contributed by atoms with Crippen LogP contribution < -0.4 is 15.0 Å². The molecule has 48 heavy (non-hydrogen) atoms. The van der Waals surface area contributed by atoms with E-state index in [1.54, 1.807) is 48.4 Å². The monoisotopic (exact) mass is 657 g/mol. The number of allylic oxidation sites excluding steroid dienone is 1. The number of esters is 1. The van der Waals surface area contributed by atoms with Crippen molar-refractivity contribution in [3.05, 3.63) is 84.5 Å². The average Bonchev–Trinajstić information content (AvgIpc) is 3.74.